The van der Waals surface area contributed by atoms with Crippen LogP contribution in [-0.4, -0.2) is 38.6 Å². The van der Waals surface area contributed by atoms with Gasteiger partial charge >= 0.3 is 0 Å². The van der Waals surface area contributed by atoms with Crippen LogP contribution in [0.25, 0.3) is 0 Å². The Bertz CT molecular complexity index is 1170. The van der Waals surface area contributed by atoms with Crippen molar-refractivity contribution in [3.63, 3.8) is 0 Å². The second kappa shape index (κ2) is 10.9. The van der Waals surface area contributed by atoms with Crippen LogP contribution in [0.3, 0.4) is 0 Å². The molecule has 0 atom stereocenters. The van der Waals surface area contributed by atoms with Crippen molar-refractivity contribution in [3.05, 3.63) is 81.9 Å². The molecule has 0 saturated carbocycles. The number of nitrogens with one attached hydrogen (secondary N) is 3. The lowest BCUT2D eigenvalue weighted by Crippen LogP contribution is -2.25. The van der Waals surface area contributed by atoms with Crippen LogP contribution in [-0.2, 0) is 30.7 Å². The van der Waals surface area contributed by atoms with E-state index in [1.54, 1.807) is 18.3 Å². The standard InChI is InChI=1S/C21H19F2N5O2.CH2O2/c22-16-5-1-4-15(18(16)23)20(29)26-11-13-9-12(7-8-24-13)10-25-21(30)19-14-3-2-6-17(14)27-28-19;2-1-3/h1,4-5,7-9H,2-3,6,10-11H2,(H,25,30)(H,26,29)(H,27,28);1H,(H,2,3). The molecule has 2 amide bonds. The number of amides is 2. The van der Waals surface area contributed by atoms with Crippen LogP contribution in [0, 0.1) is 11.6 Å². The van der Waals surface area contributed by atoms with E-state index in [9.17, 15) is 18.4 Å². The molecule has 9 nitrogen and oxygen atoms in total. The van der Waals surface area contributed by atoms with Gasteiger partial charge in [0.25, 0.3) is 18.3 Å². The lowest BCUT2D eigenvalue weighted by atomic mass is 10.1. The number of H-pyrrole nitrogens is 1. The fourth-order valence-electron chi connectivity index (χ4n) is 3.45. The van der Waals surface area contributed by atoms with Gasteiger partial charge in [-0.2, -0.15) is 5.10 Å². The monoisotopic (exact) mass is 457 g/mol. The maximum atomic E-state index is 13.7. The summed E-state index contributed by atoms with van der Waals surface area (Å²) in [5, 5.41) is 19.3. The summed E-state index contributed by atoms with van der Waals surface area (Å²) in [5.74, 6) is -3.26. The lowest BCUT2D eigenvalue weighted by molar-refractivity contribution is -0.122. The molecule has 0 bridgehead atoms. The van der Waals surface area contributed by atoms with Gasteiger partial charge in [-0.1, -0.05) is 6.07 Å². The minimum absolute atomic E-state index is 0.0312. The van der Waals surface area contributed by atoms with Crippen molar-refractivity contribution in [3.8, 4) is 0 Å². The summed E-state index contributed by atoms with van der Waals surface area (Å²) >= 11 is 0. The minimum Gasteiger partial charge on any atom is -0.483 e. The fraction of sp³-hybridized carbons (Fsp3) is 0.227. The van der Waals surface area contributed by atoms with Crippen molar-refractivity contribution >= 4 is 18.3 Å². The molecule has 1 aromatic carbocycles. The number of aryl methyl sites for hydroxylation is 1. The average Bonchev–Trinajstić information content (AvgIpc) is 3.43. The zero-order valence-electron chi connectivity index (χ0n) is 17.4. The van der Waals surface area contributed by atoms with E-state index < -0.39 is 17.5 Å². The van der Waals surface area contributed by atoms with Crippen LogP contribution in [0.4, 0.5) is 8.78 Å². The van der Waals surface area contributed by atoms with Gasteiger partial charge in [-0.3, -0.25) is 24.5 Å². The summed E-state index contributed by atoms with van der Waals surface area (Å²) in [6.45, 7) is 0.0475. The quantitative estimate of drug-likeness (QED) is 0.419. The zero-order chi connectivity index (χ0) is 23.8. The van der Waals surface area contributed by atoms with Crippen LogP contribution in [0.5, 0.6) is 0 Å². The Labute approximate surface area is 187 Å². The Morgan fingerprint density at radius 2 is 1.88 bits per heavy atom. The summed E-state index contributed by atoms with van der Waals surface area (Å²) in [5.41, 5.74) is 3.37. The second-order valence-corrected chi connectivity index (χ2v) is 7.11. The highest BCUT2D eigenvalue weighted by molar-refractivity contribution is 5.94. The van der Waals surface area contributed by atoms with Crippen molar-refractivity contribution in [2.75, 3.05) is 0 Å². The van der Waals surface area contributed by atoms with E-state index in [-0.39, 0.29) is 31.0 Å². The minimum atomic E-state index is -1.19. The van der Waals surface area contributed by atoms with Gasteiger partial charge in [-0.05, 0) is 49.1 Å². The average molecular weight is 457 g/mol. The number of benzene rings is 1. The van der Waals surface area contributed by atoms with Gasteiger partial charge in [0.15, 0.2) is 17.3 Å². The Morgan fingerprint density at radius 3 is 2.67 bits per heavy atom. The maximum absolute atomic E-state index is 13.7. The molecule has 2 heterocycles. The van der Waals surface area contributed by atoms with Crippen LogP contribution in [0.15, 0.2) is 36.5 Å². The Kier molecular flexibility index (Phi) is 7.79. The van der Waals surface area contributed by atoms with Crippen LogP contribution in [0.1, 0.15) is 49.8 Å². The third-order valence-corrected chi connectivity index (χ3v) is 4.98. The fourth-order valence-corrected chi connectivity index (χ4v) is 3.45. The van der Waals surface area contributed by atoms with Crippen molar-refractivity contribution < 1.29 is 28.3 Å². The maximum Gasteiger partial charge on any atom is 0.290 e. The van der Waals surface area contributed by atoms with Crippen LogP contribution < -0.4 is 10.6 Å². The number of hydrogen-bond acceptors (Lipinski definition) is 5. The van der Waals surface area contributed by atoms with E-state index >= 15 is 0 Å². The van der Waals surface area contributed by atoms with Crippen molar-refractivity contribution in [2.24, 2.45) is 0 Å². The van der Waals surface area contributed by atoms with Gasteiger partial charge in [0.1, 0.15) is 0 Å². The predicted octanol–water partition coefficient (Wildman–Crippen LogP) is 2.13. The molecule has 0 spiro atoms. The Hall–Kier alpha value is -4.15. The summed E-state index contributed by atoms with van der Waals surface area (Å²) in [6.07, 6.45) is 4.33. The van der Waals surface area contributed by atoms with Crippen molar-refractivity contribution in [1.29, 1.82) is 0 Å². The van der Waals surface area contributed by atoms with Crippen LogP contribution in [0.2, 0.25) is 0 Å². The van der Waals surface area contributed by atoms with E-state index in [0.29, 0.717) is 11.4 Å². The molecule has 1 aliphatic rings. The third-order valence-electron chi connectivity index (χ3n) is 4.98. The second-order valence-electron chi connectivity index (χ2n) is 7.11. The first-order valence-corrected chi connectivity index (χ1v) is 10.0. The molecule has 3 aromatic rings. The van der Waals surface area contributed by atoms with E-state index in [2.05, 4.69) is 25.8 Å². The normalized spacial score (nSPS) is 11.7. The third kappa shape index (κ3) is 5.76. The van der Waals surface area contributed by atoms with Crippen LogP contribution >= 0.6 is 0 Å². The molecule has 11 heteroatoms. The van der Waals surface area contributed by atoms with Gasteiger partial charge in [0, 0.05) is 24.0 Å². The summed E-state index contributed by atoms with van der Waals surface area (Å²) < 4.78 is 27.0. The smallest absolute Gasteiger partial charge is 0.290 e. The van der Waals surface area contributed by atoms with Crippen molar-refractivity contribution in [2.45, 2.75) is 32.4 Å². The molecule has 1 aliphatic carbocycles. The summed E-state index contributed by atoms with van der Waals surface area (Å²) in [4.78, 5) is 37.0. The molecule has 4 rings (SSSR count). The molecule has 33 heavy (non-hydrogen) atoms. The number of fused-ring (bicyclic) bond motifs is 1. The van der Waals surface area contributed by atoms with E-state index in [1.165, 1.54) is 12.1 Å². The first-order chi connectivity index (χ1) is 15.9. The highest BCUT2D eigenvalue weighted by Crippen LogP contribution is 2.22. The molecule has 0 unspecified atom stereocenters. The van der Waals surface area contributed by atoms with E-state index in [0.717, 1.165) is 42.1 Å². The number of carbonyl (C=O) groups is 3. The predicted molar refractivity (Wildman–Crippen MR) is 112 cm³/mol. The topological polar surface area (TPSA) is 137 Å². The molecule has 0 radical (unpaired) electrons. The molecule has 0 fully saturated rings. The molecular formula is C22H21F2N5O4. The lowest BCUT2D eigenvalue weighted by Gasteiger charge is -2.08. The Morgan fingerprint density at radius 1 is 1.12 bits per heavy atom. The van der Waals surface area contributed by atoms with E-state index in [4.69, 9.17) is 9.90 Å². The number of halogens is 2. The van der Waals surface area contributed by atoms with Gasteiger partial charge in [0.2, 0.25) is 0 Å². The van der Waals surface area contributed by atoms with Gasteiger partial charge < -0.3 is 15.7 Å². The number of nitrogens with zero attached hydrogens (tertiary/aromatic N) is 2. The number of carboxylic acid groups (broad SMARTS) is 1. The van der Waals surface area contributed by atoms with Gasteiger partial charge in [-0.15, -0.1) is 0 Å². The Balaban J connectivity index is 0.000000968. The number of hydrogen-bond donors (Lipinski definition) is 4. The SMILES string of the molecule is O=C(NCc1cc(CNC(=O)c2n[nH]c3c2CCC3)ccn1)c1cccc(F)c1F.O=CO. The summed E-state index contributed by atoms with van der Waals surface area (Å²) in [6, 6.07) is 6.88. The summed E-state index contributed by atoms with van der Waals surface area (Å²) in [7, 11) is 0. The highest BCUT2D eigenvalue weighted by Gasteiger charge is 2.22. The first kappa shape index (κ1) is 23.5. The molecule has 0 aliphatic heterocycles. The number of aromatic nitrogens is 3. The number of carbonyl (C=O) groups excluding carboxylic acids is 2. The number of aromatic amines is 1. The zero-order valence-corrected chi connectivity index (χ0v) is 17.4. The van der Waals surface area contributed by atoms with Gasteiger partial charge in [0.05, 0.1) is 17.8 Å². The van der Waals surface area contributed by atoms with Crippen molar-refractivity contribution in [1.82, 2.24) is 25.8 Å². The molecule has 4 N–H and O–H groups in total. The largest absolute Gasteiger partial charge is 0.483 e. The van der Waals surface area contributed by atoms with E-state index in [1.807, 2.05) is 0 Å². The number of pyridine rings is 1. The molecule has 2 aromatic heterocycles. The van der Waals surface area contributed by atoms with Gasteiger partial charge in [-0.25, -0.2) is 8.78 Å². The highest BCUT2D eigenvalue weighted by atomic mass is 19.2. The molecule has 172 valence electrons. The number of rotatable bonds is 6. The molecule has 0 saturated heterocycles. The molecular weight excluding hydrogens is 436 g/mol. The first-order valence-electron chi connectivity index (χ1n) is 10.0.